The molecule has 0 amide bonds. The molecule has 0 fully saturated rings. The van der Waals surface area contributed by atoms with E-state index in [1.165, 1.54) is 0 Å². The summed E-state index contributed by atoms with van der Waals surface area (Å²) in [6.07, 6.45) is -7.82. The van der Waals surface area contributed by atoms with Gasteiger partial charge in [-0.05, 0) is 6.07 Å². The van der Waals surface area contributed by atoms with Crippen LogP contribution in [0.25, 0.3) is 0 Å². The van der Waals surface area contributed by atoms with Gasteiger partial charge in [0.15, 0.2) is 0 Å². The van der Waals surface area contributed by atoms with Gasteiger partial charge in [0, 0.05) is 5.69 Å². The quantitative estimate of drug-likeness (QED) is 0.723. The molecular formula is C7H6F5N3. The van der Waals surface area contributed by atoms with E-state index in [0.717, 1.165) is 0 Å². The van der Waals surface area contributed by atoms with Crippen LogP contribution in [0.3, 0.4) is 0 Å². The Balaban J connectivity index is 3.32. The SMILES string of the molecule is Nc1cc(C(F)(F)F)nc(N)c1C(F)F. The lowest BCUT2D eigenvalue weighted by molar-refractivity contribution is -0.141. The van der Waals surface area contributed by atoms with Gasteiger partial charge < -0.3 is 11.5 Å². The predicted molar refractivity (Wildman–Crippen MR) is 43.0 cm³/mol. The summed E-state index contributed by atoms with van der Waals surface area (Å²) in [6, 6.07) is 0.331. The van der Waals surface area contributed by atoms with Crippen molar-refractivity contribution in [1.82, 2.24) is 4.98 Å². The Bertz CT molecular complexity index is 350. The number of hydrogen-bond acceptors (Lipinski definition) is 3. The highest BCUT2D eigenvalue weighted by atomic mass is 19.4. The molecule has 84 valence electrons. The number of alkyl halides is 5. The Hall–Kier alpha value is -1.60. The molecule has 1 heterocycles. The molecule has 1 rings (SSSR count). The number of nitrogens with zero attached hydrogens (tertiary/aromatic N) is 1. The molecule has 1 aromatic rings. The molecule has 15 heavy (non-hydrogen) atoms. The fourth-order valence-electron chi connectivity index (χ4n) is 0.978. The van der Waals surface area contributed by atoms with Gasteiger partial charge in [0.1, 0.15) is 11.5 Å². The molecule has 0 unspecified atom stereocenters. The van der Waals surface area contributed by atoms with Crippen molar-refractivity contribution in [2.75, 3.05) is 11.5 Å². The number of rotatable bonds is 1. The molecule has 0 saturated carbocycles. The Morgan fingerprint density at radius 2 is 1.73 bits per heavy atom. The van der Waals surface area contributed by atoms with Gasteiger partial charge in [-0.15, -0.1) is 0 Å². The zero-order chi connectivity index (χ0) is 11.8. The average molecular weight is 227 g/mol. The molecule has 0 aliphatic heterocycles. The third-order valence-corrected chi connectivity index (χ3v) is 1.63. The van der Waals surface area contributed by atoms with Gasteiger partial charge in [-0.1, -0.05) is 0 Å². The molecule has 0 aliphatic carbocycles. The van der Waals surface area contributed by atoms with Crippen LogP contribution in [0.1, 0.15) is 17.7 Å². The van der Waals surface area contributed by atoms with Crippen molar-refractivity contribution in [1.29, 1.82) is 0 Å². The van der Waals surface area contributed by atoms with E-state index >= 15 is 0 Å². The monoisotopic (exact) mass is 227 g/mol. The van der Waals surface area contributed by atoms with Crippen molar-refractivity contribution in [3.05, 3.63) is 17.3 Å². The maximum atomic E-state index is 12.2. The number of nitrogen functional groups attached to an aromatic ring is 2. The van der Waals surface area contributed by atoms with Gasteiger partial charge in [0.2, 0.25) is 0 Å². The van der Waals surface area contributed by atoms with Crippen molar-refractivity contribution in [3.8, 4) is 0 Å². The summed E-state index contributed by atoms with van der Waals surface area (Å²) in [7, 11) is 0. The van der Waals surface area contributed by atoms with Gasteiger partial charge in [0.05, 0.1) is 5.56 Å². The zero-order valence-electron chi connectivity index (χ0n) is 7.15. The van der Waals surface area contributed by atoms with E-state index in [1.54, 1.807) is 0 Å². The highest BCUT2D eigenvalue weighted by molar-refractivity contribution is 5.59. The number of halogens is 5. The van der Waals surface area contributed by atoms with Crippen LogP contribution in [0.5, 0.6) is 0 Å². The second kappa shape index (κ2) is 3.52. The minimum atomic E-state index is -4.76. The van der Waals surface area contributed by atoms with Crippen molar-refractivity contribution in [2.45, 2.75) is 12.6 Å². The standard InChI is InChI=1S/C7H6F5N3/c8-5(9)4-2(13)1-3(7(10,11)12)15-6(4)14/h1,5H,(H4,13,14,15). The van der Waals surface area contributed by atoms with Gasteiger partial charge in [-0.3, -0.25) is 0 Å². The molecule has 0 aromatic carbocycles. The highest BCUT2D eigenvalue weighted by Gasteiger charge is 2.34. The van der Waals surface area contributed by atoms with Crippen LogP contribution in [0.2, 0.25) is 0 Å². The second-order valence-electron chi connectivity index (χ2n) is 2.69. The number of pyridine rings is 1. The number of hydrogen-bond donors (Lipinski definition) is 2. The third kappa shape index (κ3) is 2.25. The largest absolute Gasteiger partial charge is 0.433 e. The summed E-state index contributed by atoms with van der Waals surface area (Å²) >= 11 is 0. The molecule has 4 N–H and O–H groups in total. The topological polar surface area (TPSA) is 64.9 Å². The first-order chi connectivity index (χ1) is 6.73. The molecule has 0 radical (unpaired) electrons. The molecule has 3 nitrogen and oxygen atoms in total. The van der Waals surface area contributed by atoms with Crippen molar-refractivity contribution in [2.24, 2.45) is 0 Å². The average Bonchev–Trinajstić information content (AvgIpc) is 1.99. The maximum absolute atomic E-state index is 12.2. The Kier molecular flexibility index (Phi) is 2.69. The number of nitrogens with two attached hydrogens (primary N) is 2. The van der Waals surface area contributed by atoms with Crippen LogP contribution in [-0.4, -0.2) is 4.98 Å². The van der Waals surface area contributed by atoms with Gasteiger partial charge >= 0.3 is 6.18 Å². The lowest BCUT2D eigenvalue weighted by Crippen LogP contribution is -2.13. The first-order valence-corrected chi connectivity index (χ1v) is 3.64. The summed E-state index contributed by atoms with van der Waals surface area (Å²) < 4.78 is 60.8. The first-order valence-electron chi connectivity index (χ1n) is 3.64. The van der Waals surface area contributed by atoms with Crippen LogP contribution < -0.4 is 11.5 Å². The molecule has 0 atom stereocenters. The fraction of sp³-hybridized carbons (Fsp3) is 0.286. The summed E-state index contributed by atoms with van der Waals surface area (Å²) in [5, 5.41) is 0. The van der Waals surface area contributed by atoms with Crippen LogP contribution in [0.4, 0.5) is 33.5 Å². The Labute approximate surface area is 80.9 Å². The van der Waals surface area contributed by atoms with E-state index < -0.39 is 35.4 Å². The molecule has 1 aromatic heterocycles. The molecule has 0 aliphatic rings. The molecule has 0 saturated heterocycles. The van der Waals surface area contributed by atoms with Crippen LogP contribution in [0, 0.1) is 0 Å². The molecule has 0 bridgehead atoms. The van der Waals surface area contributed by atoms with E-state index in [0.29, 0.717) is 6.07 Å². The Morgan fingerprint density at radius 3 is 2.07 bits per heavy atom. The fourth-order valence-corrected chi connectivity index (χ4v) is 0.978. The van der Waals surface area contributed by atoms with Crippen LogP contribution >= 0.6 is 0 Å². The smallest absolute Gasteiger partial charge is 0.398 e. The van der Waals surface area contributed by atoms with E-state index in [4.69, 9.17) is 11.5 Å². The second-order valence-corrected chi connectivity index (χ2v) is 2.69. The minimum absolute atomic E-state index is 0.331. The Morgan fingerprint density at radius 1 is 1.20 bits per heavy atom. The van der Waals surface area contributed by atoms with Crippen molar-refractivity contribution >= 4 is 11.5 Å². The maximum Gasteiger partial charge on any atom is 0.433 e. The van der Waals surface area contributed by atoms with Crippen LogP contribution in [0.15, 0.2) is 6.07 Å². The van der Waals surface area contributed by atoms with Crippen molar-refractivity contribution < 1.29 is 22.0 Å². The van der Waals surface area contributed by atoms with E-state index in [-0.39, 0.29) is 0 Å². The predicted octanol–water partition coefficient (Wildman–Crippen LogP) is 2.20. The first kappa shape index (κ1) is 11.5. The summed E-state index contributed by atoms with van der Waals surface area (Å²) in [5.74, 6) is -0.905. The molecule has 8 heteroatoms. The van der Waals surface area contributed by atoms with E-state index in [1.807, 2.05) is 0 Å². The lowest BCUT2D eigenvalue weighted by atomic mass is 10.2. The van der Waals surface area contributed by atoms with Crippen LogP contribution in [-0.2, 0) is 6.18 Å². The van der Waals surface area contributed by atoms with Gasteiger partial charge in [-0.2, -0.15) is 13.2 Å². The van der Waals surface area contributed by atoms with E-state index in [9.17, 15) is 22.0 Å². The zero-order valence-corrected chi connectivity index (χ0v) is 7.15. The van der Waals surface area contributed by atoms with Gasteiger partial charge in [-0.25, -0.2) is 13.8 Å². The molecule has 0 spiro atoms. The van der Waals surface area contributed by atoms with E-state index in [2.05, 4.69) is 4.98 Å². The lowest BCUT2D eigenvalue weighted by Gasteiger charge is -2.11. The summed E-state index contributed by atoms with van der Waals surface area (Å²) in [4.78, 5) is 2.82. The van der Waals surface area contributed by atoms with Crippen molar-refractivity contribution in [3.63, 3.8) is 0 Å². The normalized spacial score (nSPS) is 12.1. The number of aromatic nitrogens is 1. The molecular weight excluding hydrogens is 221 g/mol. The van der Waals surface area contributed by atoms with Gasteiger partial charge in [0.25, 0.3) is 6.43 Å². The highest BCUT2D eigenvalue weighted by Crippen LogP contribution is 2.35. The minimum Gasteiger partial charge on any atom is -0.398 e. The summed E-state index contributed by atoms with van der Waals surface area (Å²) in [6.45, 7) is 0. The third-order valence-electron chi connectivity index (χ3n) is 1.63. The number of anilines is 2. The summed E-state index contributed by atoms with van der Waals surface area (Å²) in [5.41, 5.74) is 6.99.